The number of likely N-dealkylation sites (N-methyl/N-ethyl adjacent to an activating group) is 1. The summed E-state index contributed by atoms with van der Waals surface area (Å²) in [7, 11) is 1.87. The number of carbonyl (C=O) groups is 2. The monoisotopic (exact) mass is 516 g/mol. The highest BCUT2D eigenvalue weighted by atomic mass is 127. The Balaban J connectivity index is 1.94. The average Bonchev–Trinajstić information content (AvgIpc) is 2.69. The fourth-order valence-electron chi connectivity index (χ4n) is 3.82. The van der Waals surface area contributed by atoms with Crippen molar-refractivity contribution in [2.75, 3.05) is 7.05 Å². The zero-order valence-electron chi connectivity index (χ0n) is 16.2. The molecule has 0 amide bonds. The Morgan fingerprint density at radius 3 is 2.27 bits per heavy atom. The molecule has 150 valence electrons. The molecule has 0 bridgehead atoms. The van der Waals surface area contributed by atoms with Crippen LogP contribution in [0.2, 0.25) is 0 Å². The molecule has 2 aromatic rings. The van der Waals surface area contributed by atoms with Crippen LogP contribution in [0.5, 0.6) is 0 Å². The molecule has 0 saturated heterocycles. The number of fused-ring (bicyclic) bond motifs is 1. The molecule has 0 aromatic heterocycles. The lowest BCUT2D eigenvalue weighted by molar-refractivity contribution is -0.739. The van der Waals surface area contributed by atoms with Gasteiger partial charge in [-0.05, 0) is 65.9 Å². The second-order valence-corrected chi connectivity index (χ2v) is 8.55. The Morgan fingerprint density at radius 1 is 1.03 bits per heavy atom. The van der Waals surface area contributed by atoms with Gasteiger partial charge in [-0.3, -0.25) is 9.59 Å². The van der Waals surface area contributed by atoms with E-state index < -0.39 is 28.8 Å². The molecule has 30 heavy (non-hydrogen) atoms. The lowest BCUT2D eigenvalue weighted by Gasteiger charge is -2.37. The number of quaternary nitrogens is 1. The van der Waals surface area contributed by atoms with E-state index in [9.17, 15) is 18.4 Å². The largest absolute Gasteiger partial charge is 0.295 e. The van der Waals surface area contributed by atoms with Crippen LogP contribution in [0.4, 0.5) is 8.78 Å². The number of hydrogen-bond acceptors (Lipinski definition) is 2. The van der Waals surface area contributed by atoms with Crippen LogP contribution in [0.3, 0.4) is 0 Å². The van der Waals surface area contributed by atoms with Gasteiger partial charge < -0.3 is 0 Å². The van der Waals surface area contributed by atoms with Crippen molar-refractivity contribution >= 4 is 45.4 Å². The molecular formula is C24H17F2INO2+. The van der Waals surface area contributed by atoms with Crippen LogP contribution in [-0.2, 0) is 4.79 Å². The second-order valence-electron chi connectivity index (χ2n) is 7.30. The Hall–Kier alpha value is -2.71. The lowest BCUT2D eigenvalue weighted by atomic mass is 9.90. The maximum absolute atomic E-state index is 14.9. The smallest absolute Gasteiger partial charge is 0.197 e. The number of carbonyl (C=O) groups excluding carboxylic acids is 2. The number of hydrogen-bond donors (Lipinski definition) is 0. The van der Waals surface area contributed by atoms with Crippen molar-refractivity contribution in [1.82, 2.24) is 0 Å². The molecule has 2 aromatic carbocycles. The number of nitrogens with zero attached hydrogens (tertiary/aromatic N) is 1. The third-order valence-electron chi connectivity index (χ3n) is 5.37. The van der Waals surface area contributed by atoms with Crippen molar-refractivity contribution in [1.29, 1.82) is 0 Å². The molecule has 0 radical (unpaired) electrons. The summed E-state index contributed by atoms with van der Waals surface area (Å²) < 4.78 is 31.0. The van der Waals surface area contributed by atoms with Gasteiger partial charge in [0.15, 0.2) is 17.3 Å². The summed E-state index contributed by atoms with van der Waals surface area (Å²) in [5.74, 6) is -2.80. The zero-order chi connectivity index (χ0) is 21.6. The Labute approximate surface area is 186 Å². The van der Waals surface area contributed by atoms with Crippen molar-refractivity contribution in [3.05, 3.63) is 104 Å². The van der Waals surface area contributed by atoms with Gasteiger partial charge in [0.2, 0.25) is 0 Å². The van der Waals surface area contributed by atoms with Gasteiger partial charge in [-0.2, -0.15) is 0 Å². The second kappa shape index (κ2) is 7.52. The normalized spacial score (nSPS) is 20.3. The van der Waals surface area contributed by atoms with E-state index >= 15 is 0 Å². The molecule has 0 fully saturated rings. The molecule has 0 N–H and O–H groups in total. The number of benzene rings is 2. The van der Waals surface area contributed by atoms with Gasteiger partial charge in [-0.25, -0.2) is 13.3 Å². The molecule has 2 aliphatic heterocycles. The summed E-state index contributed by atoms with van der Waals surface area (Å²) in [6.07, 6.45) is 8.46. The van der Waals surface area contributed by atoms with E-state index in [2.05, 4.69) is 22.6 Å². The Bertz CT molecular complexity index is 1200. The van der Waals surface area contributed by atoms with Crippen molar-refractivity contribution < 1.29 is 22.9 Å². The van der Waals surface area contributed by atoms with Crippen molar-refractivity contribution in [3.8, 4) is 0 Å². The van der Waals surface area contributed by atoms with Crippen LogP contribution in [0.1, 0.15) is 28.4 Å². The molecule has 2 aliphatic rings. The standard InChI is InChI=1S/C24H17F2INO2/c1-14(29)16-12-18(25)23(19(26)13-16)24-21-5-3-4-20(15-6-8-17(27)9-7-15)28(21,2)11-10-22(24)30/h3-13H,1-2H3/q+1. The fourth-order valence-corrected chi connectivity index (χ4v) is 4.18. The number of ketones is 2. The summed E-state index contributed by atoms with van der Waals surface area (Å²) >= 11 is 2.22. The fraction of sp³-hybridized carbons (Fsp3) is 0.0833. The summed E-state index contributed by atoms with van der Waals surface area (Å²) in [6, 6.07) is 9.86. The van der Waals surface area contributed by atoms with Gasteiger partial charge in [0.05, 0.1) is 18.2 Å². The van der Waals surface area contributed by atoms with Gasteiger partial charge in [0, 0.05) is 32.9 Å². The molecule has 1 atom stereocenters. The first-order valence-electron chi connectivity index (χ1n) is 9.22. The van der Waals surface area contributed by atoms with E-state index in [1.54, 1.807) is 18.4 Å². The molecule has 0 spiro atoms. The molecule has 0 aliphatic carbocycles. The third kappa shape index (κ3) is 3.30. The predicted octanol–water partition coefficient (Wildman–Crippen LogP) is 5.64. The first-order chi connectivity index (χ1) is 14.2. The highest BCUT2D eigenvalue weighted by Gasteiger charge is 2.41. The van der Waals surface area contributed by atoms with E-state index in [0.29, 0.717) is 5.70 Å². The average molecular weight is 516 g/mol. The minimum atomic E-state index is -0.934. The quantitative estimate of drug-likeness (QED) is 0.301. The van der Waals surface area contributed by atoms with Gasteiger partial charge in [0.1, 0.15) is 23.5 Å². The summed E-state index contributed by atoms with van der Waals surface area (Å²) in [4.78, 5) is 24.4. The first-order valence-corrected chi connectivity index (χ1v) is 10.3. The summed E-state index contributed by atoms with van der Waals surface area (Å²) in [6.45, 7) is 1.24. The zero-order valence-corrected chi connectivity index (χ0v) is 18.4. The summed E-state index contributed by atoms with van der Waals surface area (Å²) in [5, 5.41) is 0. The van der Waals surface area contributed by atoms with Crippen LogP contribution in [-0.4, -0.2) is 23.1 Å². The van der Waals surface area contributed by atoms with Crippen molar-refractivity contribution in [2.24, 2.45) is 0 Å². The topological polar surface area (TPSA) is 34.1 Å². The highest BCUT2D eigenvalue weighted by molar-refractivity contribution is 14.1. The summed E-state index contributed by atoms with van der Waals surface area (Å²) in [5.41, 5.74) is 1.73. The van der Waals surface area contributed by atoms with Crippen molar-refractivity contribution in [2.45, 2.75) is 6.92 Å². The molecular weight excluding hydrogens is 499 g/mol. The Kier molecular flexibility index (Phi) is 5.15. The van der Waals surface area contributed by atoms with Crippen LogP contribution in [0.15, 0.2) is 72.6 Å². The van der Waals surface area contributed by atoms with Crippen LogP contribution in [0.25, 0.3) is 11.3 Å². The molecule has 2 heterocycles. The van der Waals surface area contributed by atoms with Crippen LogP contribution in [0, 0.1) is 15.2 Å². The van der Waals surface area contributed by atoms with E-state index in [-0.39, 0.29) is 15.6 Å². The number of halogens is 3. The maximum Gasteiger partial charge on any atom is 0.197 e. The van der Waals surface area contributed by atoms with Gasteiger partial charge in [-0.15, -0.1) is 0 Å². The van der Waals surface area contributed by atoms with E-state index in [1.807, 2.05) is 37.4 Å². The van der Waals surface area contributed by atoms with Gasteiger partial charge in [-0.1, -0.05) is 6.08 Å². The predicted molar refractivity (Wildman–Crippen MR) is 120 cm³/mol. The van der Waals surface area contributed by atoms with E-state index in [1.165, 1.54) is 13.0 Å². The highest BCUT2D eigenvalue weighted by Crippen LogP contribution is 2.43. The van der Waals surface area contributed by atoms with E-state index in [0.717, 1.165) is 27.0 Å². The lowest BCUT2D eigenvalue weighted by Crippen LogP contribution is -2.39. The molecule has 3 nitrogen and oxygen atoms in total. The number of Topliss-reactive ketones (excluding diaryl/α,β-unsaturated/α-hetero) is 1. The van der Waals surface area contributed by atoms with Gasteiger partial charge in [0.25, 0.3) is 0 Å². The van der Waals surface area contributed by atoms with Gasteiger partial charge >= 0.3 is 0 Å². The first kappa shape index (κ1) is 20.6. The van der Waals surface area contributed by atoms with Crippen LogP contribution >= 0.6 is 22.6 Å². The third-order valence-corrected chi connectivity index (χ3v) is 6.09. The number of allylic oxidation sites excluding steroid dienone is 5. The van der Waals surface area contributed by atoms with E-state index in [4.69, 9.17) is 0 Å². The maximum atomic E-state index is 14.9. The molecule has 0 saturated carbocycles. The minimum absolute atomic E-state index is 0.0440. The molecule has 1 unspecified atom stereocenters. The SMILES string of the molecule is CC(=O)c1cc(F)c(C2=C3C=CC=C(c4ccc(I)cc4)[N+]3(C)C=CC2=O)c(F)c1. The number of rotatable bonds is 3. The Morgan fingerprint density at radius 2 is 1.67 bits per heavy atom. The van der Waals surface area contributed by atoms with Crippen molar-refractivity contribution in [3.63, 3.8) is 0 Å². The molecule has 4 rings (SSSR count). The minimum Gasteiger partial charge on any atom is -0.295 e. The molecule has 6 heteroatoms. The van der Waals surface area contributed by atoms with Crippen LogP contribution < -0.4 is 0 Å².